The molecule has 0 unspecified atom stereocenters. The van der Waals surface area contributed by atoms with Crippen LogP contribution in [-0.2, 0) is 0 Å². The third-order valence-electron chi connectivity index (χ3n) is 3.31. The molecule has 0 saturated heterocycles. The normalized spacial score (nSPS) is 13.3. The van der Waals surface area contributed by atoms with Crippen molar-refractivity contribution in [3.8, 4) is 0 Å². The van der Waals surface area contributed by atoms with Crippen LogP contribution in [0.1, 0.15) is 55.4 Å². The molecule has 0 aliphatic heterocycles. The Kier molecular flexibility index (Phi) is 8.19. The van der Waals surface area contributed by atoms with E-state index < -0.39 is 7.94 Å². The molecule has 0 radical (unpaired) electrons. The second kappa shape index (κ2) is 8.33. The van der Waals surface area contributed by atoms with Crippen molar-refractivity contribution in [2.24, 2.45) is 0 Å². The first-order valence-electron chi connectivity index (χ1n) is 7.82. The van der Waals surface area contributed by atoms with E-state index in [4.69, 9.17) is 0 Å². The van der Waals surface area contributed by atoms with E-state index in [-0.39, 0.29) is 30.3 Å². The fourth-order valence-corrected chi connectivity index (χ4v) is 3.28. The molecule has 0 bridgehead atoms. The van der Waals surface area contributed by atoms with Crippen LogP contribution < -0.4 is 0 Å². The van der Waals surface area contributed by atoms with Crippen molar-refractivity contribution in [2.75, 3.05) is 6.16 Å². The Morgan fingerprint density at radius 2 is 1.05 bits per heavy atom. The fourth-order valence-electron chi connectivity index (χ4n) is 2.82. The Bertz CT molecular complexity index is 298. The van der Waals surface area contributed by atoms with Gasteiger partial charge in [-0.25, -0.2) is 0 Å². The maximum absolute atomic E-state index is 9.35. The van der Waals surface area contributed by atoms with Crippen LogP contribution in [0.2, 0.25) is 0 Å². The number of nitrogens with zero attached hydrogens (tertiary/aromatic N) is 2. The molecular weight excluding hydrogens is 287 g/mol. The van der Waals surface area contributed by atoms with Gasteiger partial charge in [-0.3, -0.25) is 0 Å². The van der Waals surface area contributed by atoms with E-state index in [1.807, 2.05) is 0 Å². The fraction of sp³-hybridized carbons (Fsp3) is 0.867. The summed E-state index contributed by atoms with van der Waals surface area (Å²) in [6.07, 6.45) is 1.68. The summed E-state index contributed by atoms with van der Waals surface area (Å²) < 4.78 is 0. The van der Waals surface area contributed by atoms with E-state index in [2.05, 4.69) is 65.2 Å². The summed E-state index contributed by atoms with van der Waals surface area (Å²) >= 11 is 0. The molecular formula is C15H35N2O3P. The number of hydrogen-bond acceptors (Lipinski definition) is 5. The van der Waals surface area contributed by atoms with Gasteiger partial charge in [0.2, 0.25) is 0 Å². The first kappa shape index (κ1) is 20.6. The van der Waals surface area contributed by atoms with Gasteiger partial charge < -0.3 is 0 Å². The monoisotopic (exact) mass is 322 g/mol. The zero-order valence-corrected chi connectivity index (χ0v) is 15.8. The molecule has 0 heterocycles. The summed E-state index contributed by atoms with van der Waals surface area (Å²) in [5, 5.41) is 0. The van der Waals surface area contributed by atoms with Crippen LogP contribution in [0, 0.1) is 0 Å². The number of hydrogen-bond donors (Lipinski definition) is 3. The molecule has 128 valence electrons. The Morgan fingerprint density at radius 3 is 1.24 bits per heavy atom. The van der Waals surface area contributed by atoms with Gasteiger partial charge in [-0.15, -0.1) is 0 Å². The molecule has 0 atom stereocenters. The molecule has 0 aromatic rings. The van der Waals surface area contributed by atoms with Gasteiger partial charge in [0.1, 0.15) is 0 Å². The molecule has 21 heavy (non-hydrogen) atoms. The molecule has 0 aromatic heterocycles. The van der Waals surface area contributed by atoms with E-state index >= 15 is 0 Å². The van der Waals surface area contributed by atoms with Crippen molar-refractivity contribution in [1.82, 2.24) is 9.80 Å². The quantitative estimate of drug-likeness (QED) is 0.599. The van der Waals surface area contributed by atoms with Crippen molar-refractivity contribution in [2.45, 2.75) is 79.6 Å². The average molecular weight is 322 g/mol. The van der Waals surface area contributed by atoms with Crippen LogP contribution in [0.3, 0.4) is 0 Å². The Balaban J connectivity index is 5.74. The van der Waals surface area contributed by atoms with Crippen LogP contribution in [0.5, 0.6) is 0 Å². The summed E-state index contributed by atoms with van der Waals surface area (Å²) in [5.41, 5.74) is 0. The first-order valence-corrected chi connectivity index (χ1v) is 9.87. The predicted octanol–water partition coefficient (Wildman–Crippen LogP) is 2.54. The van der Waals surface area contributed by atoms with Crippen molar-refractivity contribution in [3.63, 3.8) is 0 Å². The van der Waals surface area contributed by atoms with Crippen LogP contribution in [0.15, 0.2) is 11.9 Å². The topological polar surface area (TPSA) is 67.2 Å². The Hall–Kier alpha value is -0.350. The third kappa shape index (κ3) is 6.96. The molecule has 0 fully saturated rings. The minimum absolute atomic E-state index is 0.0891. The van der Waals surface area contributed by atoms with Gasteiger partial charge in [0.05, 0.1) is 0 Å². The summed E-state index contributed by atoms with van der Waals surface area (Å²) in [7, 11) is -4.08. The van der Waals surface area contributed by atoms with E-state index in [0.717, 1.165) is 5.82 Å². The first-order chi connectivity index (χ1) is 9.38. The molecule has 0 rings (SSSR count). The second-order valence-corrected chi connectivity index (χ2v) is 8.69. The van der Waals surface area contributed by atoms with E-state index in [0.29, 0.717) is 0 Å². The summed E-state index contributed by atoms with van der Waals surface area (Å²) in [5.74, 6) is 0.957. The Morgan fingerprint density at radius 1 is 0.762 bits per heavy atom. The van der Waals surface area contributed by atoms with Gasteiger partial charge in [0.15, 0.2) is 0 Å². The summed E-state index contributed by atoms with van der Waals surface area (Å²) in [6, 6.07) is 1.12. The van der Waals surface area contributed by atoms with Crippen molar-refractivity contribution >= 4 is 7.94 Å². The van der Waals surface area contributed by atoms with Crippen molar-refractivity contribution in [3.05, 3.63) is 11.9 Å². The van der Waals surface area contributed by atoms with Crippen LogP contribution in [0.4, 0.5) is 0 Å². The standard InChI is InChI=1S/C15H35N2O3P/c1-11(2)16(12(3)4)15(9-10-21(18,19)20)17(13(5)6)14(7)8/h9,11-14,18-21H,10H2,1-8H3. The maximum atomic E-state index is 9.35. The second-order valence-electron chi connectivity index (χ2n) is 6.73. The molecule has 0 saturated carbocycles. The zero-order chi connectivity index (χ0) is 17.0. The minimum atomic E-state index is -4.08. The van der Waals surface area contributed by atoms with Gasteiger partial charge in [-0.2, -0.15) is 0 Å². The van der Waals surface area contributed by atoms with Crippen LogP contribution in [0.25, 0.3) is 0 Å². The SMILES string of the molecule is CC(C)N(C(=CC[PH](O)(O)O)N(C(C)C)C(C)C)C(C)C. The molecule has 0 aromatic carbocycles. The summed E-state index contributed by atoms with van der Waals surface area (Å²) in [4.78, 5) is 32.6. The van der Waals surface area contributed by atoms with E-state index in [9.17, 15) is 14.7 Å². The van der Waals surface area contributed by atoms with Gasteiger partial charge in [0.25, 0.3) is 0 Å². The van der Waals surface area contributed by atoms with Gasteiger partial charge in [-0.05, 0) is 0 Å². The molecule has 6 heteroatoms. The van der Waals surface area contributed by atoms with Crippen LogP contribution in [-0.4, -0.2) is 54.8 Å². The molecule has 5 nitrogen and oxygen atoms in total. The van der Waals surface area contributed by atoms with Gasteiger partial charge in [-0.1, -0.05) is 0 Å². The molecule has 3 N–H and O–H groups in total. The summed E-state index contributed by atoms with van der Waals surface area (Å²) in [6.45, 7) is 17.0. The molecule has 0 spiro atoms. The van der Waals surface area contributed by atoms with Gasteiger partial charge >= 0.3 is 130 Å². The number of allylic oxidation sites excluding steroid dienone is 1. The predicted molar refractivity (Wildman–Crippen MR) is 92.1 cm³/mol. The third-order valence-corrected chi connectivity index (χ3v) is 4.06. The van der Waals surface area contributed by atoms with E-state index in [1.165, 1.54) is 0 Å². The Labute approximate surface area is 130 Å². The molecule has 0 aliphatic carbocycles. The van der Waals surface area contributed by atoms with Crippen LogP contribution >= 0.6 is 7.94 Å². The zero-order valence-electron chi connectivity index (χ0n) is 14.8. The van der Waals surface area contributed by atoms with Gasteiger partial charge in [0, 0.05) is 0 Å². The van der Waals surface area contributed by atoms with Crippen molar-refractivity contribution < 1.29 is 14.7 Å². The average Bonchev–Trinajstić information content (AvgIpc) is 2.22. The molecule has 0 aliphatic rings. The van der Waals surface area contributed by atoms with Crippen molar-refractivity contribution in [1.29, 1.82) is 0 Å². The number of rotatable bonds is 8. The molecule has 0 amide bonds. The van der Waals surface area contributed by atoms with E-state index in [1.54, 1.807) is 6.08 Å².